The molecule has 0 aromatic heterocycles. The molecule has 2 aromatic rings. The zero-order chi connectivity index (χ0) is 28.6. The Morgan fingerprint density at radius 3 is 2.08 bits per heavy atom. The van der Waals surface area contributed by atoms with E-state index < -0.39 is 45.9 Å². The molecule has 1 fully saturated rings. The maximum Gasteiger partial charge on any atom is 1.00 e. The van der Waals surface area contributed by atoms with E-state index in [9.17, 15) is 41.1 Å². The van der Waals surface area contributed by atoms with E-state index in [-0.39, 0.29) is 99.1 Å². The summed E-state index contributed by atoms with van der Waals surface area (Å²) in [6, 6.07) is 12.5. The molecule has 0 saturated heterocycles. The van der Waals surface area contributed by atoms with Crippen molar-refractivity contribution in [2.75, 3.05) is 12.4 Å². The number of alkyl halides is 3. The zero-order valence-corrected chi connectivity index (χ0v) is 26.1. The number of carbonyl (C=O) groups excluding carboxylic acids is 3. The Labute approximate surface area is 274 Å². The van der Waals surface area contributed by atoms with Crippen molar-refractivity contribution >= 4 is 27.6 Å². The Bertz CT molecular complexity index is 1240. The standard InChI is InChI=1S/C28H31F3O7S.K/c29-28(30,31)23-10-12-24(13-11-23)39(36,37)18-19-6-8-21(9-7-19)25(32)16-22(20-4-2-1-3-5-20)17-38-27(35)15-14-26(33)34;/h1-5,10-13,19,21-22H,6-9,14-18H2,(H,33,34);/q;+1/p-1/t19?,21?,22-;/m1./s1. The molecule has 0 bridgehead atoms. The van der Waals surface area contributed by atoms with Gasteiger partial charge in [-0.3, -0.25) is 9.59 Å². The van der Waals surface area contributed by atoms with E-state index in [0.29, 0.717) is 25.7 Å². The molecule has 0 spiro atoms. The average molecular weight is 607 g/mol. The predicted molar refractivity (Wildman–Crippen MR) is 133 cm³/mol. The van der Waals surface area contributed by atoms with Gasteiger partial charge in [0.05, 0.1) is 29.2 Å². The summed E-state index contributed by atoms with van der Waals surface area (Å²) in [5.74, 6) is -3.19. The molecule has 0 amide bonds. The molecule has 0 aliphatic heterocycles. The van der Waals surface area contributed by atoms with Gasteiger partial charge in [-0.1, -0.05) is 30.3 Å². The largest absolute Gasteiger partial charge is 1.00 e. The van der Waals surface area contributed by atoms with E-state index in [1.54, 1.807) is 12.1 Å². The number of Topliss-reactive ketones (excluding diaryl/α,β-unsaturated/α-hetero) is 1. The number of sulfone groups is 1. The number of hydrogen-bond donors (Lipinski definition) is 0. The van der Waals surface area contributed by atoms with Crippen molar-refractivity contribution in [3.63, 3.8) is 0 Å². The summed E-state index contributed by atoms with van der Waals surface area (Å²) in [5, 5.41) is 10.6. The molecule has 0 unspecified atom stereocenters. The molecule has 3 rings (SSSR count). The fourth-order valence-electron chi connectivity index (χ4n) is 4.79. The van der Waals surface area contributed by atoms with Crippen molar-refractivity contribution in [3.05, 3.63) is 65.7 Å². The molecule has 0 radical (unpaired) electrons. The van der Waals surface area contributed by atoms with Gasteiger partial charge in [0, 0.05) is 24.2 Å². The van der Waals surface area contributed by atoms with Crippen LogP contribution in [0.2, 0.25) is 0 Å². The first kappa shape index (κ1) is 34.6. The van der Waals surface area contributed by atoms with Gasteiger partial charge in [-0.25, -0.2) is 8.42 Å². The van der Waals surface area contributed by atoms with Crippen molar-refractivity contribution in [3.8, 4) is 0 Å². The van der Waals surface area contributed by atoms with E-state index in [0.717, 1.165) is 29.8 Å². The summed E-state index contributed by atoms with van der Waals surface area (Å²) < 4.78 is 69.1. The number of aliphatic carboxylic acids is 1. The van der Waals surface area contributed by atoms with Crippen LogP contribution in [-0.2, 0) is 35.1 Å². The third-order valence-electron chi connectivity index (χ3n) is 7.00. The topological polar surface area (TPSA) is 118 Å². The number of rotatable bonds is 12. The Balaban J connectivity index is 0.00000560. The minimum absolute atomic E-state index is 0. The van der Waals surface area contributed by atoms with Gasteiger partial charge in [0.2, 0.25) is 0 Å². The van der Waals surface area contributed by atoms with E-state index in [1.165, 1.54) is 0 Å². The van der Waals surface area contributed by atoms with Crippen LogP contribution >= 0.6 is 0 Å². The number of carboxylic acids is 1. The first-order chi connectivity index (χ1) is 18.3. The van der Waals surface area contributed by atoms with Gasteiger partial charge < -0.3 is 14.6 Å². The molecular formula is C28H30F3KO7S. The quantitative estimate of drug-likeness (QED) is 0.262. The van der Waals surface area contributed by atoms with E-state index in [4.69, 9.17) is 4.74 Å². The van der Waals surface area contributed by atoms with Crippen LogP contribution in [0.15, 0.2) is 59.5 Å². The molecular weight excluding hydrogens is 576 g/mol. The zero-order valence-electron chi connectivity index (χ0n) is 22.2. The SMILES string of the molecule is O=C([O-])CCC(=O)OC[C@@H](CC(=O)C1CCC(CS(=O)(=O)c2ccc(C(F)(F)F)cc2)CC1)c1ccccc1.[K+]. The van der Waals surface area contributed by atoms with Crippen molar-refractivity contribution < 1.29 is 97.2 Å². The number of ether oxygens (including phenoxy) is 1. The van der Waals surface area contributed by atoms with Gasteiger partial charge in [-0.05, 0) is 67.9 Å². The molecule has 7 nitrogen and oxygen atoms in total. The maximum absolute atomic E-state index is 13.1. The molecule has 0 N–H and O–H groups in total. The molecule has 12 heteroatoms. The summed E-state index contributed by atoms with van der Waals surface area (Å²) in [4.78, 5) is 35.4. The Kier molecular flexibility index (Phi) is 13.5. The molecule has 1 saturated carbocycles. The second kappa shape index (κ2) is 15.6. The summed E-state index contributed by atoms with van der Waals surface area (Å²) in [6.45, 7) is -0.0810. The number of halogens is 3. The van der Waals surface area contributed by atoms with Crippen LogP contribution in [0.5, 0.6) is 0 Å². The van der Waals surface area contributed by atoms with Crippen molar-refractivity contribution in [2.45, 2.75) is 61.9 Å². The van der Waals surface area contributed by atoms with Crippen LogP contribution in [0, 0.1) is 11.8 Å². The molecule has 40 heavy (non-hydrogen) atoms. The van der Waals surface area contributed by atoms with Crippen molar-refractivity contribution in [2.24, 2.45) is 11.8 Å². The van der Waals surface area contributed by atoms with Gasteiger partial charge in [-0.15, -0.1) is 0 Å². The minimum atomic E-state index is -4.55. The number of ketones is 1. The number of hydrogen-bond acceptors (Lipinski definition) is 7. The number of esters is 1. The van der Waals surface area contributed by atoms with Gasteiger partial charge in [-0.2, -0.15) is 13.2 Å². The van der Waals surface area contributed by atoms with Gasteiger partial charge in [0.25, 0.3) is 0 Å². The van der Waals surface area contributed by atoms with Crippen molar-refractivity contribution in [1.82, 2.24) is 0 Å². The van der Waals surface area contributed by atoms with E-state index in [1.807, 2.05) is 18.2 Å². The van der Waals surface area contributed by atoms with Gasteiger partial charge in [0.15, 0.2) is 9.84 Å². The summed E-state index contributed by atoms with van der Waals surface area (Å²) >= 11 is 0. The molecule has 212 valence electrons. The number of carbonyl (C=O) groups is 3. The minimum Gasteiger partial charge on any atom is -0.550 e. The van der Waals surface area contributed by atoms with E-state index >= 15 is 0 Å². The summed E-state index contributed by atoms with van der Waals surface area (Å²) in [6.07, 6.45) is -3.26. The predicted octanol–water partition coefficient (Wildman–Crippen LogP) is 1.11. The fourth-order valence-corrected chi connectivity index (χ4v) is 6.48. The average Bonchev–Trinajstić information content (AvgIpc) is 2.90. The monoisotopic (exact) mass is 606 g/mol. The van der Waals surface area contributed by atoms with Crippen LogP contribution in [0.25, 0.3) is 0 Å². The number of carboxylic acid groups (broad SMARTS) is 1. The second-order valence-corrected chi connectivity index (χ2v) is 11.9. The Morgan fingerprint density at radius 1 is 0.925 bits per heavy atom. The molecule has 2 aromatic carbocycles. The molecule has 1 aliphatic rings. The van der Waals surface area contributed by atoms with Crippen LogP contribution in [0.3, 0.4) is 0 Å². The first-order valence-corrected chi connectivity index (χ1v) is 14.3. The summed E-state index contributed by atoms with van der Waals surface area (Å²) in [7, 11) is -3.78. The smallest absolute Gasteiger partial charge is 0.550 e. The number of benzene rings is 2. The van der Waals surface area contributed by atoms with Crippen molar-refractivity contribution in [1.29, 1.82) is 0 Å². The Morgan fingerprint density at radius 2 is 1.52 bits per heavy atom. The van der Waals surface area contributed by atoms with Crippen LogP contribution in [0.1, 0.15) is 62.0 Å². The van der Waals surface area contributed by atoms with Crippen LogP contribution < -0.4 is 56.5 Å². The molecule has 0 heterocycles. The van der Waals surface area contributed by atoms with Crippen LogP contribution in [-0.4, -0.2) is 38.5 Å². The summed E-state index contributed by atoms with van der Waals surface area (Å²) in [5.41, 5.74) is -0.114. The second-order valence-electron chi connectivity index (χ2n) is 9.85. The third kappa shape index (κ3) is 10.7. The van der Waals surface area contributed by atoms with Gasteiger partial charge >= 0.3 is 63.5 Å². The third-order valence-corrected chi connectivity index (χ3v) is 8.90. The maximum atomic E-state index is 13.1. The Hall–Kier alpha value is -1.57. The van der Waals surface area contributed by atoms with Crippen LogP contribution in [0.4, 0.5) is 13.2 Å². The first-order valence-electron chi connectivity index (χ1n) is 12.7. The normalized spacial score (nSPS) is 18.3. The fraction of sp³-hybridized carbons (Fsp3) is 0.464. The molecule has 1 aliphatic carbocycles. The van der Waals surface area contributed by atoms with E-state index in [2.05, 4.69) is 0 Å². The molecule has 1 atom stereocenters. The van der Waals surface area contributed by atoms with Gasteiger partial charge in [0.1, 0.15) is 5.78 Å².